The molecule has 0 aliphatic carbocycles. The van der Waals surface area contributed by atoms with Crippen LogP contribution < -0.4 is 4.74 Å². The molecule has 0 bridgehead atoms. The summed E-state index contributed by atoms with van der Waals surface area (Å²) < 4.78 is 10.9. The van der Waals surface area contributed by atoms with Crippen LogP contribution in [-0.4, -0.2) is 12.2 Å². The number of nitriles is 1. The lowest BCUT2D eigenvalue weighted by molar-refractivity contribution is 0.184. The first-order chi connectivity index (χ1) is 10.1. The van der Waals surface area contributed by atoms with Crippen LogP contribution in [0.2, 0.25) is 0 Å². The van der Waals surface area contributed by atoms with E-state index in [2.05, 4.69) is 6.07 Å². The zero-order chi connectivity index (χ0) is 15.2. The van der Waals surface area contributed by atoms with Crippen molar-refractivity contribution in [1.29, 1.82) is 5.26 Å². The summed E-state index contributed by atoms with van der Waals surface area (Å²) in [6, 6.07) is 14.6. The van der Waals surface area contributed by atoms with Crippen LogP contribution >= 0.6 is 0 Å². The number of hydrogen-bond acceptors (Lipinski definition) is 4. The normalized spacial score (nSPS) is 11.7. The minimum absolute atomic E-state index is 0.485. The fraction of sp³-hybridized carbons (Fsp3) is 0.235. The Morgan fingerprint density at radius 1 is 1.24 bits per heavy atom. The highest BCUT2D eigenvalue weighted by atomic mass is 16.5. The largest absolute Gasteiger partial charge is 0.457 e. The minimum Gasteiger partial charge on any atom is -0.457 e. The lowest BCUT2D eigenvalue weighted by atomic mass is 10.1. The van der Waals surface area contributed by atoms with Gasteiger partial charge in [-0.1, -0.05) is 18.2 Å². The first-order valence-electron chi connectivity index (χ1n) is 6.62. The summed E-state index contributed by atoms with van der Waals surface area (Å²) in [7, 11) is 1.63. The molecule has 108 valence electrons. The maximum Gasteiger partial charge on any atom is 0.134 e. The molecular weight excluding hydrogens is 266 g/mol. The number of hydrogen-bond donors (Lipinski definition) is 1. The van der Waals surface area contributed by atoms with Gasteiger partial charge in [-0.05, 0) is 36.8 Å². The third kappa shape index (κ3) is 3.82. The van der Waals surface area contributed by atoms with E-state index < -0.39 is 6.10 Å². The highest BCUT2D eigenvalue weighted by Gasteiger charge is 2.11. The predicted molar refractivity (Wildman–Crippen MR) is 79.0 cm³/mol. The molecule has 0 saturated heterocycles. The van der Waals surface area contributed by atoms with Crippen LogP contribution in [0.5, 0.6) is 11.5 Å². The Bertz CT molecular complexity index is 659. The van der Waals surface area contributed by atoms with Gasteiger partial charge in [0.2, 0.25) is 0 Å². The van der Waals surface area contributed by atoms with Crippen molar-refractivity contribution in [3.05, 3.63) is 59.2 Å². The number of methoxy groups -OCH3 is 1. The molecule has 1 atom stereocenters. The number of aliphatic hydroxyl groups is 1. The Morgan fingerprint density at radius 2 is 2.05 bits per heavy atom. The van der Waals surface area contributed by atoms with Gasteiger partial charge in [-0.3, -0.25) is 0 Å². The van der Waals surface area contributed by atoms with Gasteiger partial charge in [0, 0.05) is 12.7 Å². The Hall–Kier alpha value is -2.35. The van der Waals surface area contributed by atoms with Crippen LogP contribution in [0.15, 0.2) is 42.5 Å². The summed E-state index contributed by atoms with van der Waals surface area (Å²) in [5.41, 5.74) is 2.12. The minimum atomic E-state index is -0.671. The van der Waals surface area contributed by atoms with Gasteiger partial charge < -0.3 is 14.6 Å². The second kappa shape index (κ2) is 6.89. The molecule has 2 aromatic carbocycles. The molecule has 4 nitrogen and oxygen atoms in total. The highest BCUT2D eigenvalue weighted by Crippen LogP contribution is 2.31. The molecule has 2 aromatic rings. The van der Waals surface area contributed by atoms with Gasteiger partial charge in [0.1, 0.15) is 11.5 Å². The standard InChI is InChI=1S/C17H17NO3/c1-12(19)16-7-6-13(10-18)9-17(16)21-15-5-3-4-14(8-15)11-20-2/h3-9,12,19H,11H2,1-2H3/t12-/m1/s1. The third-order valence-corrected chi connectivity index (χ3v) is 3.03. The highest BCUT2D eigenvalue weighted by molar-refractivity contribution is 5.45. The first kappa shape index (κ1) is 15.0. The van der Waals surface area contributed by atoms with Gasteiger partial charge >= 0.3 is 0 Å². The molecule has 4 heteroatoms. The predicted octanol–water partition coefficient (Wildman–Crippen LogP) is 3.55. The van der Waals surface area contributed by atoms with Crippen LogP contribution in [0.4, 0.5) is 0 Å². The van der Waals surface area contributed by atoms with E-state index in [1.54, 1.807) is 32.2 Å². The summed E-state index contributed by atoms with van der Waals surface area (Å²) in [5.74, 6) is 1.13. The number of aliphatic hydroxyl groups excluding tert-OH is 1. The maximum atomic E-state index is 9.80. The molecule has 0 unspecified atom stereocenters. The Labute approximate surface area is 124 Å². The molecule has 0 aliphatic rings. The Morgan fingerprint density at radius 3 is 2.71 bits per heavy atom. The third-order valence-electron chi connectivity index (χ3n) is 3.03. The van der Waals surface area contributed by atoms with Crippen LogP contribution in [0.25, 0.3) is 0 Å². The van der Waals surface area contributed by atoms with Gasteiger partial charge in [0.05, 0.1) is 24.3 Å². The van der Waals surface area contributed by atoms with E-state index in [1.165, 1.54) is 0 Å². The van der Waals surface area contributed by atoms with E-state index >= 15 is 0 Å². The van der Waals surface area contributed by atoms with Crippen LogP contribution in [0, 0.1) is 11.3 Å². The molecule has 0 heterocycles. The van der Waals surface area contributed by atoms with Gasteiger partial charge in [0.15, 0.2) is 0 Å². The van der Waals surface area contributed by atoms with E-state index in [0.29, 0.717) is 29.2 Å². The summed E-state index contributed by atoms with van der Waals surface area (Å²) in [4.78, 5) is 0. The molecule has 0 aliphatic heterocycles. The quantitative estimate of drug-likeness (QED) is 0.911. The Kier molecular flexibility index (Phi) is 4.94. The number of rotatable bonds is 5. The molecule has 0 fully saturated rings. The van der Waals surface area contributed by atoms with Crippen molar-refractivity contribution in [3.63, 3.8) is 0 Å². The van der Waals surface area contributed by atoms with Crippen molar-refractivity contribution in [2.75, 3.05) is 7.11 Å². The van der Waals surface area contributed by atoms with E-state index in [4.69, 9.17) is 14.7 Å². The lowest BCUT2D eigenvalue weighted by Gasteiger charge is -2.14. The van der Waals surface area contributed by atoms with Gasteiger partial charge in [-0.2, -0.15) is 5.26 Å². The monoisotopic (exact) mass is 283 g/mol. The van der Waals surface area contributed by atoms with Gasteiger partial charge in [0.25, 0.3) is 0 Å². The topological polar surface area (TPSA) is 62.5 Å². The van der Waals surface area contributed by atoms with Gasteiger partial charge in [-0.25, -0.2) is 0 Å². The second-order valence-electron chi connectivity index (χ2n) is 4.72. The average molecular weight is 283 g/mol. The van der Waals surface area contributed by atoms with Crippen LogP contribution in [0.3, 0.4) is 0 Å². The lowest BCUT2D eigenvalue weighted by Crippen LogP contribution is -1.97. The fourth-order valence-corrected chi connectivity index (χ4v) is 2.03. The van der Waals surface area contributed by atoms with Crippen molar-refractivity contribution in [3.8, 4) is 17.6 Å². The number of ether oxygens (including phenoxy) is 2. The average Bonchev–Trinajstić information content (AvgIpc) is 2.47. The summed E-state index contributed by atoms with van der Waals surface area (Å²) in [6.45, 7) is 2.16. The second-order valence-corrected chi connectivity index (χ2v) is 4.72. The van der Waals surface area contributed by atoms with E-state index in [0.717, 1.165) is 5.56 Å². The summed E-state index contributed by atoms with van der Waals surface area (Å²) >= 11 is 0. The Balaban J connectivity index is 2.33. The summed E-state index contributed by atoms with van der Waals surface area (Å²) in [6.07, 6.45) is -0.671. The van der Waals surface area contributed by atoms with Crippen molar-refractivity contribution in [2.24, 2.45) is 0 Å². The fourth-order valence-electron chi connectivity index (χ4n) is 2.03. The van der Waals surface area contributed by atoms with E-state index in [1.807, 2.05) is 24.3 Å². The number of benzene rings is 2. The summed E-state index contributed by atoms with van der Waals surface area (Å²) in [5, 5.41) is 18.8. The SMILES string of the molecule is COCc1cccc(Oc2cc(C#N)ccc2[C@@H](C)O)c1. The van der Waals surface area contributed by atoms with Crippen LogP contribution in [0.1, 0.15) is 29.7 Å². The molecule has 2 rings (SSSR count). The number of nitrogens with zero attached hydrogens (tertiary/aromatic N) is 1. The van der Waals surface area contributed by atoms with Gasteiger partial charge in [-0.15, -0.1) is 0 Å². The maximum absolute atomic E-state index is 9.80. The van der Waals surface area contributed by atoms with E-state index in [-0.39, 0.29) is 0 Å². The molecule has 0 amide bonds. The molecule has 0 spiro atoms. The molecule has 1 N–H and O–H groups in total. The van der Waals surface area contributed by atoms with E-state index in [9.17, 15) is 5.11 Å². The molecule has 0 aromatic heterocycles. The molecular formula is C17H17NO3. The van der Waals surface area contributed by atoms with Crippen molar-refractivity contribution >= 4 is 0 Å². The smallest absolute Gasteiger partial charge is 0.134 e. The van der Waals surface area contributed by atoms with Crippen molar-refractivity contribution in [1.82, 2.24) is 0 Å². The molecule has 0 saturated carbocycles. The zero-order valence-electron chi connectivity index (χ0n) is 12.0. The van der Waals surface area contributed by atoms with Crippen molar-refractivity contribution in [2.45, 2.75) is 19.6 Å². The zero-order valence-corrected chi connectivity index (χ0v) is 12.0. The molecule has 21 heavy (non-hydrogen) atoms. The van der Waals surface area contributed by atoms with Crippen LogP contribution in [-0.2, 0) is 11.3 Å². The van der Waals surface area contributed by atoms with Crippen molar-refractivity contribution < 1.29 is 14.6 Å². The molecule has 0 radical (unpaired) electrons. The first-order valence-corrected chi connectivity index (χ1v) is 6.62.